The lowest BCUT2D eigenvalue weighted by Gasteiger charge is -2.37. The number of carbonyl (C=O) groups excluding carboxylic acids is 1. The van der Waals surface area contributed by atoms with E-state index >= 15 is 0 Å². The Balaban J connectivity index is 0.00000264. The maximum absolute atomic E-state index is 12.7. The second kappa shape index (κ2) is 6.92. The van der Waals surface area contributed by atoms with Crippen LogP contribution in [0.5, 0.6) is 0 Å². The van der Waals surface area contributed by atoms with Crippen LogP contribution in [0.15, 0.2) is 17.1 Å². The Labute approximate surface area is 137 Å². The number of hydrogen-bond acceptors (Lipinski definition) is 3. The highest BCUT2D eigenvalue weighted by atomic mass is 35.5. The molecule has 2 rings (SSSR count). The van der Waals surface area contributed by atoms with Crippen molar-refractivity contribution < 1.29 is 18.0 Å². The van der Waals surface area contributed by atoms with Gasteiger partial charge in [0.25, 0.3) is 5.56 Å². The average Bonchev–Trinajstić information content (AvgIpc) is 2.39. The standard InChI is InChI=1S/C14H18F3N3O2.ClH/c1-13(18)5-3-2-4-9(13)11(21)20-10-6-8(14(15,16)17)7-19-12(10)22;/h6-7,9H,2-5,18H2,1H3,(H,19,22)(H,20,21);1H. The fraction of sp³-hybridized carbons (Fsp3) is 0.571. The summed E-state index contributed by atoms with van der Waals surface area (Å²) in [6, 6.07) is 0.632. The molecule has 1 saturated carbocycles. The predicted molar refractivity (Wildman–Crippen MR) is 82.5 cm³/mol. The zero-order valence-electron chi connectivity index (χ0n) is 12.5. The van der Waals surface area contributed by atoms with Gasteiger partial charge in [-0.2, -0.15) is 13.2 Å². The molecule has 1 aliphatic rings. The van der Waals surface area contributed by atoms with Crippen molar-refractivity contribution in [2.45, 2.75) is 44.3 Å². The van der Waals surface area contributed by atoms with Crippen LogP contribution >= 0.6 is 12.4 Å². The number of hydrogen-bond donors (Lipinski definition) is 3. The number of aromatic amines is 1. The molecule has 130 valence electrons. The number of halogens is 4. The predicted octanol–water partition coefficient (Wildman–Crippen LogP) is 2.66. The molecule has 2 atom stereocenters. The monoisotopic (exact) mass is 353 g/mol. The van der Waals surface area contributed by atoms with Crippen LogP contribution in [-0.2, 0) is 11.0 Å². The third-order valence-electron chi connectivity index (χ3n) is 4.06. The molecule has 0 saturated heterocycles. The van der Waals surface area contributed by atoms with Crippen LogP contribution in [0, 0.1) is 5.92 Å². The summed E-state index contributed by atoms with van der Waals surface area (Å²) < 4.78 is 38.0. The van der Waals surface area contributed by atoms with Crippen molar-refractivity contribution in [1.82, 2.24) is 4.98 Å². The summed E-state index contributed by atoms with van der Waals surface area (Å²) in [5.41, 5.74) is 3.14. The lowest BCUT2D eigenvalue weighted by Crippen LogP contribution is -2.51. The van der Waals surface area contributed by atoms with Gasteiger partial charge in [-0.05, 0) is 25.8 Å². The number of pyridine rings is 1. The summed E-state index contributed by atoms with van der Waals surface area (Å²) in [5, 5.41) is 2.29. The van der Waals surface area contributed by atoms with Gasteiger partial charge in [0.2, 0.25) is 5.91 Å². The van der Waals surface area contributed by atoms with E-state index in [1.54, 1.807) is 6.92 Å². The summed E-state index contributed by atoms with van der Waals surface area (Å²) >= 11 is 0. The van der Waals surface area contributed by atoms with Crippen LogP contribution < -0.4 is 16.6 Å². The summed E-state index contributed by atoms with van der Waals surface area (Å²) in [5.74, 6) is -1.05. The Kier molecular flexibility index (Phi) is 5.87. The van der Waals surface area contributed by atoms with Gasteiger partial charge in [-0.25, -0.2) is 0 Å². The molecule has 1 heterocycles. The number of amides is 1. The van der Waals surface area contributed by atoms with Crippen molar-refractivity contribution >= 4 is 24.0 Å². The molecular weight excluding hydrogens is 335 g/mol. The Hall–Kier alpha value is -1.54. The second-order valence-corrected chi connectivity index (χ2v) is 5.92. The van der Waals surface area contributed by atoms with Crippen molar-refractivity contribution in [2.24, 2.45) is 11.7 Å². The van der Waals surface area contributed by atoms with Gasteiger partial charge in [0.1, 0.15) is 5.69 Å². The van der Waals surface area contributed by atoms with Crippen molar-refractivity contribution in [1.29, 1.82) is 0 Å². The molecule has 0 spiro atoms. The fourth-order valence-corrected chi connectivity index (χ4v) is 2.75. The molecule has 2 unspecified atom stereocenters. The SMILES string of the molecule is CC1(N)CCCCC1C(=O)Nc1cc(C(F)(F)F)c[nH]c1=O.Cl. The van der Waals surface area contributed by atoms with E-state index < -0.39 is 40.4 Å². The third kappa shape index (κ3) is 4.48. The van der Waals surface area contributed by atoms with E-state index in [1.807, 2.05) is 4.98 Å². The first kappa shape index (κ1) is 19.5. The molecule has 1 aliphatic carbocycles. The number of anilines is 1. The fourth-order valence-electron chi connectivity index (χ4n) is 2.75. The van der Waals surface area contributed by atoms with Crippen LogP contribution in [0.1, 0.15) is 38.2 Å². The van der Waals surface area contributed by atoms with Crippen LogP contribution in [0.4, 0.5) is 18.9 Å². The molecule has 0 aliphatic heterocycles. The largest absolute Gasteiger partial charge is 0.417 e. The lowest BCUT2D eigenvalue weighted by atomic mass is 9.74. The zero-order valence-corrected chi connectivity index (χ0v) is 13.3. The Morgan fingerprint density at radius 2 is 2.09 bits per heavy atom. The molecule has 23 heavy (non-hydrogen) atoms. The highest BCUT2D eigenvalue weighted by Gasteiger charge is 2.38. The summed E-state index contributed by atoms with van der Waals surface area (Å²) in [6.45, 7) is 1.74. The first-order chi connectivity index (χ1) is 10.1. The normalized spacial score (nSPS) is 24.7. The molecule has 0 aromatic carbocycles. The molecule has 1 aromatic heterocycles. The highest BCUT2D eigenvalue weighted by Crippen LogP contribution is 2.33. The lowest BCUT2D eigenvalue weighted by molar-refractivity contribution is -0.137. The quantitative estimate of drug-likeness (QED) is 0.763. The van der Waals surface area contributed by atoms with Crippen LogP contribution in [-0.4, -0.2) is 16.4 Å². The first-order valence-electron chi connectivity index (χ1n) is 7.01. The number of H-pyrrole nitrogens is 1. The summed E-state index contributed by atoms with van der Waals surface area (Å²) in [4.78, 5) is 25.9. The van der Waals surface area contributed by atoms with Gasteiger partial charge in [0.15, 0.2) is 0 Å². The molecule has 1 aromatic rings. The topological polar surface area (TPSA) is 88.0 Å². The third-order valence-corrected chi connectivity index (χ3v) is 4.06. The van der Waals surface area contributed by atoms with Gasteiger partial charge in [-0.3, -0.25) is 9.59 Å². The number of nitrogens with two attached hydrogens (primary N) is 1. The summed E-state index contributed by atoms with van der Waals surface area (Å²) in [6.07, 6.45) is -1.09. The van der Waals surface area contributed by atoms with Crippen molar-refractivity contribution in [3.05, 3.63) is 28.2 Å². The molecular formula is C14H19ClF3N3O2. The van der Waals surface area contributed by atoms with Gasteiger partial charge < -0.3 is 16.0 Å². The maximum atomic E-state index is 12.7. The van der Waals surface area contributed by atoms with E-state index in [4.69, 9.17) is 5.73 Å². The maximum Gasteiger partial charge on any atom is 0.417 e. The molecule has 0 radical (unpaired) electrons. The average molecular weight is 354 g/mol. The minimum Gasteiger partial charge on any atom is -0.327 e. The molecule has 0 bridgehead atoms. The van der Waals surface area contributed by atoms with E-state index in [0.717, 1.165) is 12.8 Å². The summed E-state index contributed by atoms with van der Waals surface area (Å²) in [7, 11) is 0. The number of alkyl halides is 3. The minimum absolute atomic E-state index is 0. The number of rotatable bonds is 2. The van der Waals surface area contributed by atoms with E-state index in [9.17, 15) is 22.8 Å². The van der Waals surface area contributed by atoms with Crippen molar-refractivity contribution in [3.8, 4) is 0 Å². The minimum atomic E-state index is -4.60. The van der Waals surface area contributed by atoms with E-state index in [1.165, 1.54) is 0 Å². The van der Waals surface area contributed by atoms with Crippen LogP contribution in [0.2, 0.25) is 0 Å². The highest BCUT2D eigenvalue weighted by molar-refractivity contribution is 5.93. The van der Waals surface area contributed by atoms with E-state index in [0.29, 0.717) is 25.1 Å². The number of carbonyl (C=O) groups is 1. The Morgan fingerprint density at radius 1 is 1.43 bits per heavy atom. The van der Waals surface area contributed by atoms with Crippen molar-refractivity contribution in [2.75, 3.05) is 5.32 Å². The van der Waals surface area contributed by atoms with E-state index in [-0.39, 0.29) is 12.4 Å². The van der Waals surface area contributed by atoms with E-state index in [2.05, 4.69) is 5.32 Å². The zero-order chi connectivity index (χ0) is 16.5. The first-order valence-corrected chi connectivity index (χ1v) is 7.01. The van der Waals surface area contributed by atoms with Gasteiger partial charge >= 0.3 is 6.18 Å². The number of aromatic nitrogens is 1. The van der Waals surface area contributed by atoms with Crippen LogP contribution in [0.25, 0.3) is 0 Å². The molecule has 1 amide bonds. The van der Waals surface area contributed by atoms with Gasteiger partial charge in [0, 0.05) is 11.7 Å². The molecule has 9 heteroatoms. The molecule has 1 fully saturated rings. The van der Waals surface area contributed by atoms with Crippen LogP contribution in [0.3, 0.4) is 0 Å². The molecule has 4 N–H and O–H groups in total. The van der Waals surface area contributed by atoms with Crippen molar-refractivity contribution in [3.63, 3.8) is 0 Å². The second-order valence-electron chi connectivity index (χ2n) is 5.92. The van der Waals surface area contributed by atoms with Gasteiger partial charge in [-0.1, -0.05) is 12.8 Å². The number of nitrogens with one attached hydrogen (secondary N) is 2. The Bertz CT molecular complexity index is 628. The smallest absolute Gasteiger partial charge is 0.327 e. The van der Waals surface area contributed by atoms with Gasteiger partial charge in [-0.15, -0.1) is 12.4 Å². The Morgan fingerprint density at radius 3 is 2.65 bits per heavy atom. The van der Waals surface area contributed by atoms with Gasteiger partial charge in [0.05, 0.1) is 11.5 Å². The molecule has 5 nitrogen and oxygen atoms in total.